The van der Waals surface area contributed by atoms with Gasteiger partial charge in [0.15, 0.2) is 5.58 Å². The Morgan fingerprint density at radius 1 is 1.25 bits per heavy atom. The molecule has 0 amide bonds. The first-order chi connectivity index (χ1) is 11.6. The van der Waals surface area contributed by atoms with Crippen molar-refractivity contribution in [2.24, 2.45) is 0 Å². The molecule has 130 valence electrons. The number of likely N-dealkylation sites (tertiary alicyclic amines) is 1. The molecule has 5 heteroatoms. The van der Waals surface area contributed by atoms with Crippen LogP contribution < -0.4 is 0 Å². The summed E-state index contributed by atoms with van der Waals surface area (Å²) in [5.41, 5.74) is 1.10. The second-order valence-corrected chi connectivity index (χ2v) is 7.51. The molecule has 2 aromatic rings. The van der Waals surface area contributed by atoms with Gasteiger partial charge in [-0.05, 0) is 57.3 Å². The van der Waals surface area contributed by atoms with Crippen LogP contribution >= 0.6 is 0 Å². The molecule has 2 heterocycles. The maximum Gasteiger partial charge on any atom is 0.170 e. The molecule has 0 bridgehead atoms. The fourth-order valence-corrected chi connectivity index (χ4v) is 4.30. The maximum atomic E-state index is 13.3. The van der Waals surface area contributed by atoms with Gasteiger partial charge in [-0.15, -0.1) is 0 Å². The molecule has 0 unspecified atom stereocenters. The number of piperidine rings is 1. The first-order valence-corrected chi connectivity index (χ1v) is 9.13. The van der Waals surface area contributed by atoms with Crippen LogP contribution in [0.25, 0.3) is 11.0 Å². The third-order valence-corrected chi connectivity index (χ3v) is 5.86. The van der Waals surface area contributed by atoms with Crippen molar-refractivity contribution in [3.63, 3.8) is 0 Å². The van der Waals surface area contributed by atoms with Crippen molar-refractivity contribution in [1.82, 2.24) is 10.1 Å². The zero-order valence-corrected chi connectivity index (χ0v) is 14.0. The van der Waals surface area contributed by atoms with E-state index in [4.69, 9.17) is 4.52 Å². The largest absolute Gasteiger partial charge is 0.390 e. The van der Waals surface area contributed by atoms with Crippen molar-refractivity contribution in [3.8, 4) is 0 Å². The van der Waals surface area contributed by atoms with Crippen molar-refractivity contribution >= 4 is 11.0 Å². The highest BCUT2D eigenvalue weighted by atomic mass is 19.1. The zero-order chi connectivity index (χ0) is 16.6. The Hall–Kier alpha value is -1.46. The van der Waals surface area contributed by atoms with Gasteiger partial charge in [0.1, 0.15) is 5.82 Å². The lowest BCUT2D eigenvalue weighted by Crippen LogP contribution is -2.37. The van der Waals surface area contributed by atoms with Gasteiger partial charge in [-0.1, -0.05) is 18.0 Å². The van der Waals surface area contributed by atoms with Crippen LogP contribution in [0, 0.1) is 5.82 Å². The molecule has 1 saturated heterocycles. The molecular weight excluding hydrogens is 307 g/mol. The molecule has 24 heavy (non-hydrogen) atoms. The molecule has 1 N–H and O–H groups in total. The average Bonchev–Trinajstić information content (AvgIpc) is 3.20. The molecule has 1 aromatic heterocycles. The molecular formula is C19H25FN2O2. The first kappa shape index (κ1) is 16.0. The molecule has 1 aliphatic carbocycles. The van der Waals surface area contributed by atoms with E-state index in [0.717, 1.165) is 62.8 Å². The number of benzene rings is 1. The van der Waals surface area contributed by atoms with Crippen LogP contribution in [0.1, 0.15) is 56.6 Å². The van der Waals surface area contributed by atoms with Crippen molar-refractivity contribution in [2.75, 3.05) is 19.6 Å². The number of nitrogens with zero attached hydrogens (tertiary/aromatic N) is 2. The summed E-state index contributed by atoms with van der Waals surface area (Å²) in [7, 11) is 0. The second kappa shape index (κ2) is 6.45. The number of hydrogen-bond donors (Lipinski definition) is 1. The van der Waals surface area contributed by atoms with Crippen molar-refractivity contribution < 1.29 is 14.0 Å². The first-order valence-electron chi connectivity index (χ1n) is 9.13. The highest BCUT2D eigenvalue weighted by molar-refractivity contribution is 5.79. The lowest BCUT2D eigenvalue weighted by molar-refractivity contribution is 0.0255. The van der Waals surface area contributed by atoms with Gasteiger partial charge in [-0.25, -0.2) is 4.39 Å². The fourth-order valence-electron chi connectivity index (χ4n) is 4.30. The Bertz CT molecular complexity index is 700. The second-order valence-electron chi connectivity index (χ2n) is 7.51. The Kier molecular flexibility index (Phi) is 4.31. The summed E-state index contributed by atoms with van der Waals surface area (Å²) in [6.45, 7) is 3.03. The third kappa shape index (κ3) is 3.20. The summed E-state index contributed by atoms with van der Waals surface area (Å²) < 4.78 is 18.6. The van der Waals surface area contributed by atoms with Crippen LogP contribution in [0.4, 0.5) is 4.39 Å². The van der Waals surface area contributed by atoms with Gasteiger partial charge in [-0.3, -0.25) is 0 Å². The van der Waals surface area contributed by atoms with E-state index in [0.29, 0.717) is 11.5 Å². The van der Waals surface area contributed by atoms with E-state index in [1.165, 1.54) is 25.0 Å². The van der Waals surface area contributed by atoms with E-state index in [1.807, 2.05) is 0 Å². The van der Waals surface area contributed by atoms with Crippen LogP contribution in [0.2, 0.25) is 0 Å². The SMILES string of the molecule is OC1(CCN2CCC(c3noc4cc(F)ccc34)CC2)CCCC1. The standard InChI is InChI=1S/C19H25FN2O2/c20-15-3-4-16-17(13-15)24-21-18(16)14-5-10-22(11-6-14)12-9-19(23)7-1-2-8-19/h3-4,13-14,23H,1-2,5-12H2. The van der Waals surface area contributed by atoms with E-state index in [9.17, 15) is 9.50 Å². The predicted molar refractivity (Wildman–Crippen MR) is 90.4 cm³/mol. The molecule has 1 saturated carbocycles. The Balaban J connectivity index is 1.35. The van der Waals surface area contributed by atoms with E-state index in [2.05, 4.69) is 10.1 Å². The Morgan fingerprint density at radius 2 is 2.00 bits per heavy atom. The lowest BCUT2D eigenvalue weighted by atomic mass is 9.91. The topological polar surface area (TPSA) is 49.5 Å². The van der Waals surface area contributed by atoms with Crippen molar-refractivity contribution in [3.05, 3.63) is 29.7 Å². The monoisotopic (exact) mass is 332 g/mol. The molecule has 1 aromatic carbocycles. The van der Waals surface area contributed by atoms with Gasteiger partial charge in [0.05, 0.1) is 11.3 Å². The quantitative estimate of drug-likeness (QED) is 0.924. The summed E-state index contributed by atoms with van der Waals surface area (Å²) in [6.07, 6.45) is 7.23. The number of halogens is 1. The van der Waals surface area contributed by atoms with Gasteiger partial charge < -0.3 is 14.5 Å². The molecule has 0 spiro atoms. The summed E-state index contributed by atoms with van der Waals surface area (Å²) in [5, 5.41) is 15.6. The number of aliphatic hydroxyl groups is 1. The van der Waals surface area contributed by atoms with Gasteiger partial charge in [-0.2, -0.15) is 0 Å². The molecule has 1 aliphatic heterocycles. The van der Waals surface area contributed by atoms with Crippen LogP contribution in [-0.4, -0.2) is 40.4 Å². The Morgan fingerprint density at radius 3 is 2.75 bits per heavy atom. The Labute approximate surface area is 141 Å². The van der Waals surface area contributed by atoms with Crippen LogP contribution in [0.3, 0.4) is 0 Å². The normalized spacial score (nSPS) is 22.4. The van der Waals surface area contributed by atoms with E-state index >= 15 is 0 Å². The molecule has 2 fully saturated rings. The molecule has 0 radical (unpaired) electrons. The summed E-state index contributed by atoms with van der Waals surface area (Å²) in [6, 6.07) is 4.65. The van der Waals surface area contributed by atoms with E-state index in [-0.39, 0.29) is 5.82 Å². The fraction of sp³-hybridized carbons (Fsp3) is 0.632. The van der Waals surface area contributed by atoms with Crippen molar-refractivity contribution in [1.29, 1.82) is 0 Å². The minimum atomic E-state index is -0.413. The molecule has 4 nitrogen and oxygen atoms in total. The minimum Gasteiger partial charge on any atom is -0.390 e. The van der Waals surface area contributed by atoms with Crippen LogP contribution in [0.15, 0.2) is 22.7 Å². The summed E-state index contributed by atoms with van der Waals surface area (Å²) >= 11 is 0. The van der Waals surface area contributed by atoms with Gasteiger partial charge in [0.25, 0.3) is 0 Å². The summed E-state index contributed by atoms with van der Waals surface area (Å²) in [5.74, 6) is 0.0902. The number of rotatable bonds is 4. The predicted octanol–water partition coefficient (Wildman–Crippen LogP) is 3.84. The minimum absolute atomic E-state index is 0.287. The smallest absolute Gasteiger partial charge is 0.170 e. The van der Waals surface area contributed by atoms with E-state index in [1.54, 1.807) is 6.07 Å². The highest BCUT2D eigenvalue weighted by Crippen LogP contribution is 2.35. The van der Waals surface area contributed by atoms with Gasteiger partial charge in [0, 0.05) is 23.9 Å². The third-order valence-electron chi connectivity index (χ3n) is 5.86. The van der Waals surface area contributed by atoms with Gasteiger partial charge in [0.2, 0.25) is 0 Å². The summed E-state index contributed by atoms with van der Waals surface area (Å²) in [4.78, 5) is 2.45. The van der Waals surface area contributed by atoms with Gasteiger partial charge >= 0.3 is 0 Å². The van der Waals surface area contributed by atoms with Crippen molar-refractivity contribution in [2.45, 2.75) is 56.5 Å². The number of hydrogen-bond acceptors (Lipinski definition) is 4. The number of aromatic nitrogens is 1. The molecule has 2 aliphatic rings. The zero-order valence-electron chi connectivity index (χ0n) is 14.0. The lowest BCUT2D eigenvalue weighted by Gasteiger charge is -2.33. The molecule has 4 rings (SSSR count). The number of fused-ring (bicyclic) bond motifs is 1. The maximum absolute atomic E-state index is 13.3. The van der Waals surface area contributed by atoms with E-state index < -0.39 is 5.60 Å². The molecule has 0 atom stereocenters. The van der Waals surface area contributed by atoms with Crippen LogP contribution in [0.5, 0.6) is 0 Å². The average molecular weight is 332 g/mol. The highest BCUT2D eigenvalue weighted by Gasteiger charge is 2.32. The van der Waals surface area contributed by atoms with Crippen LogP contribution in [-0.2, 0) is 0 Å².